The average Bonchev–Trinajstić information content (AvgIpc) is 2.67. The van der Waals surface area contributed by atoms with Crippen molar-refractivity contribution in [1.82, 2.24) is 0 Å². The van der Waals surface area contributed by atoms with E-state index in [4.69, 9.17) is 5.11 Å². The second kappa shape index (κ2) is 21.8. The third kappa shape index (κ3) is 22.6. The predicted molar refractivity (Wildman–Crippen MR) is 122 cm³/mol. The van der Waals surface area contributed by atoms with E-state index >= 15 is 0 Å². The maximum atomic E-state index is 9.59. The fourth-order valence-electron chi connectivity index (χ4n) is 2.93. The summed E-state index contributed by atoms with van der Waals surface area (Å²) in [6, 6.07) is 0. The van der Waals surface area contributed by atoms with Crippen molar-refractivity contribution in [3.8, 4) is 23.7 Å². The monoisotopic (exact) mass is 386 g/mol. The summed E-state index contributed by atoms with van der Waals surface area (Å²) in [5.74, 6) is 10.9. The van der Waals surface area contributed by atoms with E-state index in [9.17, 15) is 5.11 Å². The van der Waals surface area contributed by atoms with E-state index in [1.54, 1.807) is 6.08 Å². The van der Waals surface area contributed by atoms with Crippen LogP contribution in [0, 0.1) is 29.6 Å². The van der Waals surface area contributed by atoms with Gasteiger partial charge < -0.3 is 10.2 Å². The molecule has 0 aromatic heterocycles. The molecule has 2 heteroatoms. The van der Waals surface area contributed by atoms with Crippen molar-refractivity contribution < 1.29 is 10.2 Å². The van der Waals surface area contributed by atoms with Crippen LogP contribution in [0.4, 0.5) is 0 Å². The predicted octanol–water partition coefficient (Wildman–Crippen LogP) is 6.19. The van der Waals surface area contributed by atoms with Crippen LogP contribution in [0.1, 0.15) is 97.3 Å². The summed E-state index contributed by atoms with van der Waals surface area (Å²) in [6.45, 7) is 4.42. The highest BCUT2D eigenvalue weighted by Crippen LogP contribution is 2.11. The molecule has 0 rings (SSSR count). The van der Waals surface area contributed by atoms with Crippen LogP contribution in [0.3, 0.4) is 0 Å². The van der Waals surface area contributed by atoms with Crippen LogP contribution in [0.2, 0.25) is 0 Å². The minimum atomic E-state index is -0.764. The van der Waals surface area contributed by atoms with Crippen LogP contribution in [0.25, 0.3) is 0 Å². The first kappa shape index (κ1) is 26.5. The van der Waals surface area contributed by atoms with E-state index in [0.717, 1.165) is 18.8 Å². The molecule has 0 aliphatic carbocycles. The molecule has 0 bridgehead atoms. The molecule has 1 atom stereocenters. The second-order valence-corrected chi connectivity index (χ2v) is 7.80. The van der Waals surface area contributed by atoms with E-state index in [2.05, 4.69) is 49.7 Å². The van der Waals surface area contributed by atoms with Gasteiger partial charge in [0.25, 0.3) is 0 Å². The summed E-state index contributed by atoms with van der Waals surface area (Å²) in [5, 5.41) is 18.1. The van der Waals surface area contributed by atoms with Gasteiger partial charge in [0, 0.05) is 0 Å². The largest absolute Gasteiger partial charge is 0.384 e. The van der Waals surface area contributed by atoms with Gasteiger partial charge in [0.2, 0.25) is 0 Å². The Labute approximate surface area is 174 Å². The molecule has 0 fully saturated rings. The summed E-state index contributed by atoms with van der Waals surface area (Å²) in [4.78, 5) is 0. The molecule has 0 aromatic carbocycles. The second-order valence-electron chi connectivity index (χ2n) is 7.80. The lowest BCUT2D eigenvalue weighted by Crippen LogP contribution is -1.96. The van der Waals surface area contributed by atoms with Crippen LogP contribution < -0.4 is 0 Å². The number of hydrogen-bond donors (Lipinski definition) is 2. The Bertz CT molecular complexity index is 508. The van der Waals surface area contributed by atoms with Gasteiger partial charge in [-0.1, -0.05) is 88.9 Å². The van der Waals surface area contributed by atoms with Crippen LogP contribution in [0.5, 0.6) is 0 Å². The summed E-state index contributed by atoms with van der Waals surface area (Å²) in [6.07, 6.45) is 24.3. The lowest BCUT2D eigenvalue weighted by Gasteiger charge is -2.03. The SMILES string of the molecule is CC(C)CCCCCC/C=C\CCCCCCC/C=C/[C@@H](O)C#CC#CCO. The van der Waals surface area contributed by atoms with Crippen LogP contribution >= 0.6 is 0 Å². The fraction of sp³-hybridized carbons (Fsp3) is 0.692. The zero-order chi connectivity index (χ0) is 20.7. The average molecular weight is 387 g/mol. The van der Waals surface area contributed by atoms with E-state index in [-0.39, 0.29) is 6.61 Å². The summed E-state index contributed by atoms with van der Waals surface area (Å²) in [7, 11) is 0. The minimum absolute atomic E-state index is 0.199. The quantitative estimate of drug-likeness (QED) is 0.189. The Hall–Kier alpha value is -1.48. The molecule has 0 saturated heterocycles. The van der Waals surface area contributed by atoms with Crippen LogP contribution in [-0.4, -0.2) is 22.9 Å². The molecule has 0 heterocycles. The highest BCUT2D eigenvalue weighted by molar-refractivity contribution is 5.28. The third-order valence-electron chi connectivity index (χ3n) is 4.58. The third-order valence-corrected chi connectivity index (χ3v) is 4.58. The zero-order valence-corrected chi connectivity index (χ0v) is 18.3. The van der Waals surface area contributed by atoms with Gasteiger partial charge in [-0.2, -0.15) is 0 Å². The Balaban J connectivity index is 3.36. The molecular formula is C26H42O2. The number of aliphatic hydroxyl groups excluding tert-OH is 2. The number of allylic oxidation sites excluding steroid dienone is 3. The lowest BCUT2D eigenvalue weighted by molar-refractivity contribution is 0.280. The first-order valence-corrected chi connectivity index (χ1v) is 11.3. The Morgan fingerprint density at radius 2 is 1.25 bits per heavy atom. The molecule has 2 nitrogen and oxygen atoms in total. The maximum Gasteiger partial charge on any atom is 0.134 e. The Kier molecular flexibility index (Phi) is 20.7. The van der Waals surface area contributed by atoms with Crippen molar-refractivity contribution in [2.24, 2.45) is 5.92 Å². The lowest BCUT2D eigenvalue weighted by atomic mass is 10.0. The molecule has 0 spiro atoms. The molecule has 2 N–H and O–H groups in total. The van der Waals surface area contributed by atoms with Gasteiger partial charge in [0.15, 0.2) is 0 Å². The highest BCUT2D eigenvalue weighted by Gasteiger charge is 1.94. The maximum absolute atomic E-state index is 9.59. The smallest absolute Gasteiger partial charge is 0.134 e. The van der Waals surface area contributed by atoms with Crippen molar-refractivity contribution in [2.45, 2.75) is 103 Å². The summed E-state index contributed by atoms with van der Waals surface area (Å²) >= 11 is 0. The zero-order valence-electron chi connectivity index (χ0n) is 18.3. The molecular weight excluding hydrogens is 344 g/mol. The van der Waals surface area contributed by atoms with Gasteiger partial charge in [-0.15, -0.1) is 0 Å². The van der Waals surface area contributed by atoms with Crippen molar-refractivity contribution >= 4 is 0 Å². The van der Waals surface area contributed by atoms with Gasteiger partial charge in [0.05, 0.1) is 0 Å². The number of unbranched alkanes of at least 4 members (excludes halogenated alkanes) is 10. The number of rotatable bonds is 16. The van der Waals surface area contributed by atoms with E-state index in [0.29, 0.717) is 0 Å². The Morgan fingerprint density at radius 3 is 1.82 bits per heavy atom. The van der Waals surface area contributed by atoms with Gasteiger partial charge >= 0.3 is 0 Å². The number of aliphatic hydroxyl groups is 2. The Morgan fingerprint density at radius 1 is 0.714 bits per heavy atom. The van der Waals surface area contributed by atoms with E-state index < -0.39 is 6.10 Å². The minimum Gasteiger partial charge on any atom is -0.384 e. The van der Waals surface area contributed by atoms with Crippen LogP contribution in [0.15, 0.2) is 24.3 Å². The topological polar surface area (TPSA) is 40.5 Å². The van der Waals surface area contributed by atoms with Crippen LogP contribution in [-0.2, 0) is 0 Å². The molecule has 0 unspecified atom stereocenters. The summed E-state index contributed by atoms with van der Waals surface area (Å²) < 4.78 is 0. The molecule has 0 amide bonds. The first-order chi connectivity index (χ1) is 13.7. The van der Waals surface area contributed by atoms with Gasteiger partial charge in [-0.25, -0.2) is 0 Å². The first-order valence-electron chi connectivity index (χ1n) is 11.3. The standard InChI is InChI=1S/C26H42O2/c1-25(2)21-17-14-12-10-8-6-4-3-5-7-9-11-13-15-18-22-26(28)23-19-16-20-24-27/h4,6,18,22,25-28H,3,5,7-15,17,21,24H2,1-2H3/b6-4-,22-18+/t26-/m1/s1. The van der Waals surface area contributed by atoms with Gasteiger partial charge in [-0.3, -0.25) is 0 Å². The molecule has 28 heavy (non-hydrogen) atoms. The molecule has 0 aliphatic heterocycles. The van der Waals surface area contributed by atoms with Crippen molar-refractivity contribution in [3.05, 3.63) is 24.3 Å². The number of hydrogen-bond acceptors (Lipinski definition) is 2. The molecule has 0 aromatic rings. The normalized spacial score (nSPS) is 12.2. The van der Waals surface area contributed by atoms with Crippen molar-refractivity contribution in [2.75, 3.05) is 6.61 Å². The van der Waals surface area contributed by atoms with E-state index in [1.807, 2.05) is 6.08 Å². The van der Waals surface area contributed by atoms with Gasteiger partial charge in [0.1, 0.15) is 12.7 Å². The summed E-state index contributed by atoms with van der Waals surface area (Å²) in [5.41, 5.74) is 0. The highest BCUT2D eigenvalue weighted by atomic mass is 16.3. The molecule has 158 valence electrons. The molecule has 0 saturated carbocycles. The van der Waals surface area contributed by atoms with E-state index in [1.165, 1.54) is 70.6 Å². The fourth-order valence-corrected chi connectivity index (χ4v) is 2.93. The van der Waals surface area contributed by atoms with Crippen molar-refractivity contribution in [1.29, 1.82) is 0 Å². The molecule has 0 aliphatic rings. The van der Waals surface area contributed by atoms with Gasteiger partial charge in [-0.05, 0) is 62.4 Å². The van der Waals surface area contributed by atoms with Crippen molar-refractivity contribution in [3.63, 3.8) is 0 Å². The molecule has 0 radical (unpaired) electrons.